The van der Waals surface area contributed by atoms with E-state index in [1.165, 1.54) is 12.5 Å². The number of nitrogens with zero attached hydrogens (tertiary/aromatic N) is 1. The number of pyridine rings is 1. The van der Waals surface area contributed by atoms with E-state index >= 15 is 0 Å². The van der Waals surface area contributed by atoms with Crippen molar-refractivity contribution in [2.75, 3.05) is 19.1 Å². The predicted octanol–water partition coefficient (Wildman–Crippen LogP) is 7.84. The summed E-state index contributed by atoms with van der Waals surface area (Å²) in [7, 11) is -6.77. The van der Waals surface area contributed by atoms with Crippen LogP contribution >= 0.6 is 11.8 Å². The molecule has 0 saturated carbocycles. The Morgan fingerprint density at radius 2 is 1.57 bits per heavy atom. The third kappa shape index (κ3) is 7.77. The van der Waals surface area contributed by atoms with E-state index in [0.29, 0.717) is 24.2 Å². The average molecular weight is 688 g/mol. The Bertz CT molecular complexity index is 2140. The molecule has 0 fully saturated rings. The molecular formula is C37H37NO6S3. The zero-order valence-electron chi connectivity index (χ0n) is 26.9. The lowest BCUT2D eigenvalue weighted by molar-refractivity contribution is 0.0526. The van der Waals surface area contributed by atoms with Crippen molar-refractivity contribution in [2.45, 2.75) is 47.0 Å². The number of carbonyl (C=O) groups is 1. The molecule has 0 amide bonds. The molecule has 0 aliphatic carbocycles. The van der Waals surface area contributed by atoms with Gasteiger partial charge in [-0.2, -0.15) is 0 Å². The van der Waals surface area contributed by atoms with E-state index in [9.17, 15) is 21.6 Å². The zero-order chi connectivity index (χ0) is 34.0. The summed E-state index contributed by atoms with van der Waals surface area (Å²) in [4.78, 5) is 18.1. The van der Waals surface area contributed by atoms with Crippen LogP contribution in [0.4, 0.5) is 0 Å². The Morgan fingerprint density at radius 1 is 0.872 bits per heavy atom. The fourth-order valence-corrected chi connectivity index (χ4v) is 7.63. The maximum Gasteiger partial charge on any atom is 0.338 e. The third-order valence-corrected chi connectivity index (χ3v) is 12.8. The molecule has 4 aromatic carbocycles. The molecule has 0 N–H and O–H groups in total. The van der Waals surface area contributed by atoms with Gasteiger partial charge in [-0.3, -0.25) is 4.98 Å². The Kier molecular flexibility index (Phi) is 9.96. The highest BCUT2D eigenvalue weighted by Crippen LogP contribution is 2.40. The number of hydrogen-bond donors (Lipinski definition) is 0. The number of hydrogen-bond acceptors (Lipinski definition) is 8. The number of benzene rings is 4. The van der Waals surface area contributed by atoms with E-state index in [4.69, 9.17) is 4.74 Å². The van der Waals surface area contributed by atoms with Crippen molar-refractivity contribution in [2.24, 2.45) is 0 Å². The number of esters is 1. The molecule has 0 saturated heterocycles. The Labute approximate surface area is 281 Å². The second-order valence-corrected chi connectivity index (χ2v) is 17.8. The standard InChI is InChI=1S/C37H37NO6S3/c1-6-44-36(39)27-12-16-31(17-13-27)45-34(26-14-18-32(19-15-26)46(4,40)41)22-25-9-7-10-28(21-25)33-24-30(37(2,3)47(5,42)43)23-29-11-8-20-38-35(29)33/h7-21,23-24,34H,6,22H2,1-5H3. The van der Waals surface area contributed by atoms with Crippen molar-refractivity contribution in [1.29, 1.82) is 0 Å². The van der Waals surface area contributed by atoms with Gasteiger partial charge in [0.15, 0.2) is 19.7 Å². The Morgan fingerprint density at radius 3 is 2.21 bits per heavy atom. The van der Waals surface area contributed by atoms with E-state index < -0.39 is 24.4 Å². The van der Waals surface area contributed by atoms with Crippen LogP contribution in [0.1, 0.15) is 53.1 Å². The van der Waals surface area contributed by atoms with Gasteiger partial charge in [0.1, 0.15) is 0 Å². The van der Waals surface area contributed by atoms with Crippen molar-refractivity contribution >= 4 is 48.3 Å². The molecule has 244 valence electrons. The number of carbonyl (C=O) groups excluding carboxylic acids is 1. The molecule has 1 heterocycles. The molecule has 5 rings (SSSR count). The quantitative estimate of drug-likeness (QED) is 0.102. The molecule has 0 radical (unpaired) electrons. The van der Waals surface area contributed by atoms with Gasteiger partial charge in [0.25, 0.3) is 0 Å². The van der Waals surface area contributed by atoms with E-state index in [-0.39, 0.29) is 16.1 Å². The Hall–Kier alpha value is -3.99. The second kappa shape index (κ2) is 13.6. The smallest absolute Gasteiger partial charge is 0.338 e. The first-order valence-electron chi connectivity index (χ1n) is 15.1. The fourth-order valence-electron chi connectivity index (χ4n) is 5.26. The van der Waals surface area contributed by atoms with Gasteiger partial charge in [-0.05, 0) is 104 Å². The maximum atomic E-state index is 12.8. The van der Waals surface area contributed by atoms with Gasteiger partial charge < -0.3 is 4.74 Å². The van der Waals surface area contributed by atoms with Crippen LogP contribution in [-0.4, -0.2) is 46.9 Å². The molecule has 47 heavy (non-hydrogen) atoms. The molecule has 0 aliphatic rings. The van der Waals surface area contributed by atoms with Crippen LogP contribution in [-0.2, 0) is 35.6 Å². The van der Waals surface area contributed by atoms with Crippen LogP contribution in [0, 0.1) is 0 Å². The molecular weight excluding hydrogens is 651 g/mol. The number of aromatic nitrogens is 1. The zero-order valence-corrected chi connectivity index (χ0v) is 29.4. The summed E-state index contributed by atoms with van der Waals surface area (Å²) in [6.45, 7) is 5.50. The number of ether oxygens (including phenoxy) is 1. The first-order valence-corrected chi connectivity index (χ1v) is 19.8. The summed E-state index contributed by atoms with van der Waals surface area (Å²) < 4.78 is 53.9. The van der Waals surface area contributed by atoms with Crippen LogP contribution in [0.25, 0.3) is 22.0 Å². The second-order valence-electron chi connectivity index (χ2n) is 12.0. The summed E-state index contributed by atoms with van der Waals surface area (Å²) in [5.74, 6) is -0.375. The highest BCUT2D eigenvalue weighted by atomic mass is 32.2. The summed E-state index contributed by atoms with van der Waals surface area (Å²) in [5.41, 5.74) is 5.67. The van der Waals surface area contributed by atoms with Crippen LogP contribution in [0.15, 0.2) is 113 Å². The SMILES string of the molecule is CCOC(=O)c1ccc(SC(Cc2cccc(-c3cc(C(C)(C)S(C)(=O)=O)cc4cccnc34)c2)c2ccc(S(C)(=O)=O)cc2)cc1. The molecule has 7 nitrogen and oxygen atoms in total. The van der Waals surface area contributed by atoms with Gasteiger partial charge in [-0.15, -0.1) is 11.8 Å². The summed E-state index contributed by atoms with van der Waals surface area (Å²) >= 11 is 1.62. The van der Waals surface area contributed by atoms with Gasteiger partial charge in [0.2, 0.25) is 0 Å². The molecule has 0 bridgehead atoms. The lowest BCUT2D eigenvalue weighted by Crippen LogP contribution is -2.28. The lowest BCUT2D eigenvalue weighted by atomic mass is 9.92. The van der Waals surface area contributed by atoms with Crippen LogP contribution in [0.5, 0.6) is 0 Å². The molecule has 1 unspecified atom stereocenters. The van der Waals surface area contributed by atoms with E-state index in [2.05, 4.69) is 11.1 Å². The monoisotopic (exact) mass is 687 g/mol. The minimum Gasteiger partial charge on any atom is -0.462 e. The van der Waals surface area contributed by atoms with Crippen molar-refractivity contribution in [1.82, 2.24) is 4.98 Å². The number of thioether (sulfide) groups is 1. The average Bonchev–Trinajstić information content (AvgIpc) is 3.03. The fraction of sp³-hybridized carbons (Fsp3) is 0.243. The highest BCUT2D eigenvalue weighted by Gasteiger charge is 2.33. The number of sulfone groups is 2. The van der Waals surface area contributed by atoms with Gasteiger partial charge in [-0.25, -0.2) is 21.6 Å². The topological polar surface area (TPSA) is 107 Å². The lowest BCUT2D eigenvalue weighted by Gasteiger charge is -2.24. The Balaban J connectivity index is 1.54. The summed E-state index contributed by atoms with van der Waals surface area (Å²) in [5, 5.41) is 0.755. The van der Waals surface area contributed by atoms with Crippen molar-refractivity contribution in [3.63, 3.8) is 0 Å². The largest absolute Gasteiger partial charge is 0.462 e. The third-order valence-electron chi connectivity index (χ3n) is 8.31. The maximum absolute atomic E-state index is 12.8. The first-order chi connectivity index (χ1) is 22.2. The predicted molar refractivity (Wildman–Crippen MR) is 189 cm³/mol. The molecule has 10 heteroatoms. The van der Waals surface area contributed by atoms with Crippen LogP contribution in [0.3, 0.4) is 0 Å². The van der Waals surface area contributed by atoms with Crippen molar-refractivity contribution < 1.29 is 26.4 Å². The first kappa shape index (κ1) is 34.3. The van der Waals surface area contributed by atoms with Gasteiger partial charge >= 0.3 is 5.97 Å². The van der Waals surface area contributed by atoms with Crippen LogP contribution < -0.4 is 0 Å². The molecule has 0 aliphatic heterocycles. The van der Waals surface area contributed by atoms with Crippen molar-refractivity contribution in [3.05, 3.63) is 126 Å². The van der Waals surface area contributed by atoms with Gasteiger partial charge in [0.05, 0.1) is 27.3 Å². The molecule has 5 aromatic rings. The number of fused-ring (bicyclic) bond motifs is 1. The summed E-state index contributed by atoms with van der Waals surface area (Å²) in [6, 6.07) is 30.0. The normalized spacial score (nSPS) is 13.0. The molecule has 0 spiro atoms. The van der Waals surface area contributed by atoms with E-state index in [0.717, 1.165) is 38.1 Å². The van der Waals surface area contributed by atoms with E-state index in [1.807, 2.05) is 66.7 Å². The van der Waals surface area contributed by atoms with Gasteiger partial charge in [-0.1, -0.05) is 42.5 Å². The van der Waals surface area contributed by atoms with Crippen molar-refractivity contribution in [3.8, 4) is 11.1 Å². The minimum atomic E-state index is -3.42. The van der Waals surface area contributed by atoms with Gasteiger partial charge in [0, 0.05) is 39.8 Å². The molecule has 1 aromatic heterocycles. The van der Waals surface area contributed by atoms with Crippen LogP contribution in [0.2, 0.25) is 0 Å². The number of rotatable bonds is 11. The minimum absolute atomic E-state index is 0.0994. The molecule has 1 atom stereocenters. The highest BCUT2D eigenvalue weighted by molar-refractivity contribution is 7.99. The van der Waals surface area contributed by atoms with E-state index in [1.54, 1.807) is 63.0 Å². The summed E-state index contributed by atoms with van der Waals surface area (Å²) in [6.07, 6.45) is 4.79.